The number of hydrogen-bond acceptors (Lipinski definition) is 3. The molecule has 2 fully saturated rings. The van der Waals surface area contributed by atoms with Crippen molar-refractivity contribution < 1.29 is 8.78 Å². The maximum Gasteiger partial charge on any atom is 0.262 e. The van der Waals surface area contributed by atoms with E-state index in [1.54, 1.807) is 17.1 Å². The van der Waals surface area contributed by atoms with Crippen molar-refractivity contribution in [3.05, 3.63) is 17.4 Å². The first kappa shape index (κ1) is 13.3. The normalized spacial score (nSPS) is 27.6. The Labute approximate surface area is 115 Å². The van der Waals surface area contributed by atoms with E-state index < -0.39 is 5.92 Å². The fourth-order valence-electron chi connectivity index (χ4n) is 2.97. The lowest BCUT2D eigenvalue weighted by molar-refractivity contribution is 0.0119. The minimum Gasteiger partial charge on any atom is -0.299 e. The molecule has 0 amide bonds. The third-order valence-corrected chi connectivity index (χ3v) is 4.10. The summed E-state index contributed by atoms with van der Waals surface area (Å²) in [6.07, 6.45) is 3.38. The van der Waals surface area contributed by atoms with Gasteiger partial charge in [0, 0.05) is 44.8 Å². The Balaban J connectivity index is 1.51. The van der Waals surface area contributed by atoms with Gasteiger partial charge in [-0.3, -0.25) is 14.5 Å². The van der Waals surface area contributed by atoms with Crippen LogP contribution in [0.1, 0.15) is 6.42 Å². The average Bonchev–Trinajstić information content (AvgIpc) is 2.87. The van der Waals surface area contributed by atoms with E-state index >= 15 is 0 Å². The summed E-state index contributed by atoms with van der Waals surface area (Å²) < 4.78 is 28.5. The van der Waals surface area contributed by atoms with Crippen LogP contribution < -0.4 is 0 Å². The fourth-order valence-corrected chi connectivity index (χ4v) is 3.13. The molecule has 3 rings (SSSR count). The molecule has 2 aliphatic rings. The van der Waals surface area contributed by atoms with Gasteiger partial charge in [-0.2, -0.15) is 5.10 Å². The van der Waals surface area contributed by atoms with E-state index in [0.29, 0.717) is 5.02 Å². The number of piperazine rings is 1. The van der Waals surface area contributed by atoms with Gasteiger partial charge in [0.25, 0.3) is 5.92 Å². The SMILES string of the molecule is FC1(F)C[C@H]2CN(CCn3cc(Cl)cn3)CCN2C1. The first-order valence-electron chi connectivity index (χ1n) is 6.54. The van der Waals surface area contributed by atoms with Gasteiger partial charge in [-0.15, -0.1) is 0 Å². The molecule has 0 aliphatic carbocycles. The summed E-state index contributed by atoms with van der Waals surface area (Å²) in [5, 5.41) is 4.74. The molecule has 4 nitrogen and oxygen atoms in total. The van der Waals surface area contributed by atoms with E-state index in [4.69, 9.17) is 11.6 Å². The molecule has 106 valence electrons. The highest BCUT2D eigenvalue weighted by Gasteiger charge is 2.46. The third-order valence-electron chi connectivity index (χ3n) is 3.90. The second kappa shape index (κ2) is 5.00. The van der Waals surface area contributed by atoms with Gasteiger partial charge in [-0.05, 0) is 0 Å². The van der Waals surface area contributed by atoms with Crippen LogP contribution in [0.25, 0.3) is 0 Å². The number of aromatic nitrogens is 2. The molecule has 1 aromatic rings. The van der Waals surface area contributed by atoms with Crippen molar-refractivity contribution in [2.75, 3.05) is 32.7 Å². The molecule has 1 aromatic heterocycles. The number of hydrogen-bond donors (Lipinski definition) is 0. The second-order valence-electron chi connectivity index (χ2n) is 5.41. The first-order valence-corrected chi connectivity index (χ1v) is 6.92. The molecule has 2 saturated heterocycles. The highest BCUT2D eigenvalue weighted by atomic mass is 35.5. The summed E-state index contributed by atoms with van der Waals surface area (Å²) in [4.78, 5) is 4.15. The lowest BCUT2D eigenvalue weighted by Gasteiger charge is -2.36. The standard InChI is InChI=1S/C12H17ClF2N4/c13-10-6-16-19(7-10)4-2-17-1-3-18-9-12(14,15)5-11(18)8-17/h6-7,11H,1-5,8-9H2/t11-/m0/s1. The van der Waals surface area contributed by atoms with Crippen molar-refractivity contribution in [1.82, 2.24) is 19.6 Å². The van der Waals surface area contributed by atoms with Crippen LogP contribution in [0.4, 0.5) is 8.78 Å². The van der Waals surface area contributed by atoms with Gasteiger partial charge >= 0.3 is 0 Å². The van der Waals surface area contributed by atoms with Crippen LogP contribution in [-0.4, -0.2) is 64.3 Å². The van der Waals surface area contributed by atoms with Gasteiger partial charge in [0.2, 0.25) is 0 Å². The zero-order valence-corrected chi connectivity index (χ0v) is 11.4. The van der Waals surface area contributed by atoms with Crippen LogP contribution in [0, 0.1) is 0 Å². The van der Waals surface area contributed by atoms with Crippen LogP contribution in [-0.2, 0) is 6.54 Å². The molecule has 0 aromatic carbocycles. The topological polar surface area (TPSA) is 24.3 Å². The van der Waals surface area contributed by atoms with Gasteiger partial charge in [0.05, 0.1) is 24.3 Å². The highest BCUT2D eigenvalue weighted by Crippen LogP contribution is 2.33. The Morgan fingerprint density at radius 3 is 2.95 bits per heavy atom. The third kappa shape index (κ3) is 3.07. The summed E-state index contributed by atoms with van der Waals surface area (Å²) in [6.45, 7) is 3.82. The van der Waals surface area contributed by atoms with Crippen LogP contribution in [0.15, 0.2) is 12.4 Å². The van der Waals surface area contributed by atoms with Crippen molar-refractivity contribution in [3.63, 3.8) is 0 Å². The molecule has 3 heterocycles. The van der Waals surface area contributed by atoms with E-state index in [9.17, 15) is 8.78 Å². The van der Waals surface area contributed by atoms with Crippen LogP contribution in [0.2, 0.25) is 5.02 Å². The minimum absolute atomic E-state index is 0.00288. The largest absolute Gasteiger partial charge is 0.299 e. The summed E-state index contributed by atoms with van der Waals surface area (Å²) in [6, 6.07) is 0.00459. The Morgan fingerprint density at radius 1 is 1.37 bits per heavy atom. The molecule has 2 aliphatic heterocycles. The molecular formula is C12H17ClF2N4. The number of halogens is 3. The summed E-state index contributed by atoms with van der Waals surface area (Å²) in [7, 11) is 0. The van der Waals surface area contributed by atoms with E-state index in [1.807, 2.05) is 4.90 Å². The summed E-state index contributed by atoms with van der Waals surface area (Å²) in [5.74, 6) is -2.50. The lowest BCUT2D eigenvalue weighted by Crippen LogP contribution is -2.50. The molecule has 0 bridgehead atoms. The molecule has 0 radical (unpaired) electrons. The average molecular weight is 291 g/mol. The van der Waals surface area contributed by atoms with E-state index in [-0.39, 0.29) is 19.0 Å². The number of nitrogens with zero attached hydrogens (tertiary/aromatic N) is 4. The zero-order valence-electron chi connectivity index (χ0n) is 10.6. The summed E-state index contributed by atoms with van der Waals surface area (Å²) >= 11 is 5.80. The Morgan fingerprint density at radius 2 is 2.21 bits per heavy atom. The molecule has 0 N–H and O–H groups in total. The zero-order chi connectivity index (χ0) is 13.5. The van der Waals surface area contributed by atoms with Gasteiger partial charge < -0.3 is 0 Å². The van der Waals surface area contributed by atoms with Crippen molar-refractivity contribution in [2.24, 2.45) is 0 Å². The molecule has 7 heteroatoms. The number of fused-ring (bicyclic) bond motifs is 1. The number of alkyl halides is 2. The first-order chi connectivity index (χ1) is 9.02. The van der Waals surface area contributed by atoms with Crippen molar-refractivity contribution in [1.29, 1.82) is 0 Å². The van der Waals surface area contributed by atoms with Gasteiger partial charge in [-0.1, -0.05) is 11.6 Å². The summed E-state index contributed by atoms with van der Waals surface area (Å²) in [5.41, 5.74) is 0. The van der Waals surface area contributed by atoms with Crippen molar-refractivity contribution >= 4 is 11.6 Å². The van der Waals surface area contributed by atoms with E-state index in [2.05, 4.69) is 10.00 Å². The fraction of sp³-hybridized carbons (Fsp3) is 0.750. The van der Waals surface area contributed by atoms with Crippen molar-refractivity contribution in [3.8, 4) is 0 Å². The van der Waals surface area contributed by atoms with Crippen LogP contribution >= 0.6 is 11.6 Å². The smallest absolute Gasteiger partial charge is 0.262 e. The monoisotopic (exact) mass is 290 g/mol. The molecule has 0 spiro atoms. The van der Waals surface area contributed by atoms with Crippen molar-refractivity contribution in [2.45, 2.75) is 24.9 Å². The molecule has 1 atom stereocenters. The molecule has 19 heavy (non-hydrogen) atoms. The van der Waals surface area contributed by atoms with Crippen LogP contribution in [0.5, 0.6) is 0 Å². The maximum atomic E-state index is 13.3. The Hall–Kier alpha value is -0.720. The second-order valence-corrected chi connectivity index (χ2v) is 5.84. The number of rotatable bonds is 3. The van der Waals surface area contributed by atoms with Gasteiger partial charge in [0.15, 0.2) is 0 Å². The molecular weight excluding hydrogens is 274 g/mol. The van der Waals surface area contributed by atoms with E-state index in [0.717, 1.165) is 32.7 Å². The highest BCUT2D eigenvalue weighted by molar-refractivity contribution is 6.30. The van der Waals surface area contributed by atoms with Gasteiger partial charge in [-0.25, -0.2) is 8.78 Å². The van der Waals surface area contributed by atoms with Crippen LogP contribution in [0.3, 0.4) is 0 Å². The van der Waals surface area contributed by atoms with E-state index in [1.165, 1.54) is 0 Å². The van der Waals surface area contributed by atoms with Gasteiger partial charge in [0.1, 0.15) is 0 Å². The Kier molecular flexibility index (Phi) is 3.49. The lowest BCUT2D eigenvalue weighted by atomic mass is 10.1. The minimum atomic E-state index is -2.50. The maximum absolute atomic E-state index is 13.3. The molecule has 0 unspecified atom stereocenters. The Bertz CT molecular complexity index is 451. The quantitative estimate of drug-likeness (QED) is 0.844. The molecule has 0 saturated carbocycles. The predicted molar refractivity (Wildman–Crippen MR) is 68.6 cm³/mol. The predicted octanol–water partition coefficient (Wildman–Crippen LogP) is 1.56.